The van der Waals surface area contributed by atoms with Crippen LogP contribution in [0.1, 0.15) is 33.1 Å². The maximum atomic E-state index is 13.4. The van der Waals surface area contributed by atoms with Gasteiger partial charge in [0.25, 0.3) is 11.7 Å². The van der Waals surface area contributed by atoms with Crippen molar-refractivity contribution in [3.05, 3.63) is 94.6 Å². The molecular formula is C29H27NO8. The zero-order valence-corrected chi connectivity index (χ0v) is 21.4. The smallest absolute Gasteiger partial charge is 0.337 e. The summed E-state index contributed by atoms with van der Waals surface area (Å²) in [6, 6.07) is 17.3. The van der Waals surface area contributed by atoms with E-state index in [2.05, 4.69) is 0 Å². The van der Waals surface area contributed by atoms with Crippen LogP contribution in [0.25, 0.3) is 5.76 Å². The molecule has 1 fully saturated rings. The van der Waals surface area contributed by atoms with Crippen LogP contribution >= 0.6 is 0 Å². The fraction of sp³-hybridized carbons (Fsp3) is 0.207. The van der Waals surface area contributed by atoms with Crippen molar-refractivity contribution in [3.63, 3.8) is 0 Å². The minimum Gasteiger partial charge on any atom is -0.507 e. The van der Waals surface area contributed by atoms with Crippen LogP contribution in [0.15, 0.2) is 72.3 Å². The number of Topliss-reactive ketones (excluding diaryl/α,β-unsaturated/α-hetero) is 1. The molecule has 3 aromatic rings. The lowest BCUT2D eigenvalue weighted by Crippen LogP contribution is -2.29. The highest BCUT2D eigenvalue weighted by Gasteiger charge is 2.46. The lowest BCUT2D eigenvalue weighted by molar-refractivity contribution is -0.140. The summed E-state index contributed by atoms with van der Waals surface area (Å²) < 4.78 is 20.8. The van der Waals surface area contributed by atoms with Crippen molar-refractivity contribution < 1.29 is 38.4 Å². The molecule has 0 bridgehead atoms. The van der Waals surface area contributed by atoms with Gasteiger partial charge in [-0.2, -0.15) is 0 Å². The van der Waals surface area contributed by atoms with Crippen LogP contribution in [-0.2, 0) is 20.9 Å². The molecule has 0 radical (unpaired) electrons. The van der Waals surface area contributed by atoms with Crippen molar-refractivity contribution in [1.29, 1.82) is 0 Å². The minimum atomic E-state index is -0.929. The highest BCUT2D eigenvalue weighted by Crippen LogP contribution is 2.43. The number of aliphatic hydroxyl groups excluding tert-OH is 1. The molecule has 1 heterocycles. The molecule has 1 N–H and O–H groups in total. The third-order valence-corrected chi connectivity index (χ3v) is 6.34. The van der Waals surface area contributed by atoms with Gasteiger partial charge in [-0.1, -0.05) is 24.3 Å². The van der Waals surface area contributed by atoms with Crippen molar-refractivity contribution in [1.82, 2.24) is 4.90 Å². The zero-order chi connectivity index (χ0) is 27.4. The summed E-state index contributed by atoms with van der Waals surface area (Å²) in [4.78, 5) is 40.0. The number of amides is 1. The summed E-state index contributed by atoms with van der Waals surface area (Å²) in [7, 11) is 5.72. The van der Waals surface area contributed by atoms with E-state index in [1.165, 1.54) is 39.4 Å². The van der Waals surface area contributed by atoms with E-state index in [9.17, 15) is 19.5 Å². The van der Waals surface area contributed by atoms with Crippen molar-refractivity contribution in [3.8, 4) is 17.2 Å². The summed E-state index contributed by atoms with van der Waals surface area (Å²) in [5.41, 5.74) is 1.71. The normalized spacial score (nSPS) is 16.3. The topological polar surface area (TPSA) is 112 Å². The van der Waals surface area contributed by atoms with Crippen LogP contribution < -0.4 is 14.2 Å². The maximum Gasteiger partial charge on any atom is 0.337 e. The standard InChI is InChI=1S/C29H27NO8/c1-35-20-7-5-6-19(14-20)25-24(26(31)22-15-21(36-2)12-13-23(22)37-3)27(32)28(33)30(25)16-17-8-10-18(11-9-17)29(34)38-4/h5-15,25,31H,16H2,1-4H3/b26-24+. The van der Waals surface area contributed by atoms with E-state index in [1.54, 1.807) is 60.7 Å². The average Bonchev–Trinajstić information content (AvgIpc) is 3.21. The van der Waals surface area contributed by atoms with Crippen LogP contribution in [0.3, 0.4) is 0 Å². The predicted molar refractivity (Wildman–Crippen MR) is 138 cm³/mol. The molecule has 1 amide bonds. The minimum absolute atomic E-state index is 0.0416. The van der Waals surface area contributed by atoms with Crippen LogP contribution in [-0.4, -0.2) is 56.1 Å². The molecule has 38 heavy (non-hydrogen) atoms. The second-order valence-electron chi connectivity index (χ2n) is 8.46. The summed E-state index contributed by atoms with van der Waals surface area (Å²) in [5.74, 6) is -1.24. The number of benzene rings is 3. The van der Waals surface area contributed by atoms with Crippen molar-refractivity contribution in [2.75, 3.05) is 28.4 Å². The SMILES string of the molecule is COC(=O)c1ccc(CN2C(=O)C(=O)/C(=C(/O)c3cc(OC)ccc3OC)C2c2cccc(OC)c2)cc1. The molecule has 1 saturated heterocycles. The van der Waals surface area contributed by atoms with E-state index < -0.39 is 29.5 Å². The second kappa shape index (κ2) is 11.1. The van der Waals surface area contributed by atoms with Crippen LogP contribution in [0, 0.1) is 0 Å². The Labute approximate surface area is 219 Å². The van der Waals surface area contributed by atoms with Gasteiger partial charge < -0.3 is 29.0 Å². The zero-order valence-electron chi connectivity index (χ0n) is 21.4. The number of nitrogens with zero attached hydrogens (tertiary/aromatic N) is 1. The number of carbonyl (C=O) groups excluding carboxylic acids is 3. The molecule has 0 aromatic heterocycles. The van der Waals surface area contributed by atoms with E-state index in [0.29, 0.717) is 33.9 Å². The number of ether oxygens (including phenoxy) is 4. The number of rotatable bonds is 8. The molecule has 1 aliphatic rings. The molecule has 0 saturated carbocycles. The lowest BCUT2D eigenvalue weighted by atomic mass is 9.94. The Morgan fingerprint density at radius 3 is 2.18 bits per heavy atom. The molecule has 1 aliphatic heterocycles. The molecule has 9 heteroatoms. The van der Waals surface area contributed by atoms with Gasteiger partial charge in [-0.25, -0.2) is 4.79 Å². The Hall–Kier alpha value is -4.79. The number of methoxy groups -OCH3 is 4. The predicted octanol–water partition coefficient (Wildman–Crippen LogP) is 4.12. The molecule has 3 aromatic carbocycles. The first-order chi connectivity index (χ1) is 18.3. The molecule has 0 aliphatic carbocycles. The first-order valence-electron chi connectivity index (χ1n) is 11.6. The molecular weight excluding hydrogens is 490 g/mol. The number of esters is 1. The molecule has 9 nitrogen and oxygen atoms in total. The number of ketones is 1. The summed E-state index contributed by atoms with van der Waals surface area (Å²) in [6.45, 7) is 0.0416. The van der Waals surface area contributed by atoms with Crippen LogP contribution in [0.5, 0.6) is 17.2 Å². The lowest BCUT2D eigenvalue weighted by Gasteiger charge is -2.26. The van der Waals surface area contributed by atoms with E-state index >= 15 is 0 Å². The molecule has 196 valence electrons. The highest BCUT2D eigenvalue weighted by atomic mass is 16.5. The first-order valence-corrected chi connectivity index (χ1v) is 11.6. The Morgan fingerprint density at radius 1 is 0.868 bits per heavy atom. The Kier molecular flexibility index (Phi) is 7.66. The third kappa shape index (κ3) is 4.90. The summed E-state index contributed by atoms with van der Waals surface area (Å²) in [5, 5.41) is 11.5. The van der Waals surface area contributed by atoms with E-state index in [0.717, 1.165) is 0 Å². The van der Waals surface area contributed by atoms with Crippen LogP contribution in [0.4, 0.5) is 0 Å². The molecule has 0 spiro atoms. The van der Waals surface area contributed by atoms with Gasteiger partial charge in [0.05, 0.1) is 51.2 Å². The number of carbonyl (C=O) groups is 3. The third-order valence-electron chi connectivity index (χ3n) is 6.34. The average molecular weight is 518 g/mol. The fourth-order valence-corrected chi connectivity index (χ4v) is 4.41. The number of likely N-dealkylation sites (tertiary alicyclic amines) is 1. The van der Waals surface area contributed by atoms with Gasteiger partial charge in [0.2, 0.25) is 0 Å². The van der Waals surface area contributed by atoms with Gasteiger partial charge in [-0.15, -0.1) is 0 Å². The van der Waals surface area contributed by atoms with Gasteiger partial charge in [0.1, 0.15) is 23.0 Å². The highest BCUT2D eigenvalue weighted by molar-refractivity contribution is 6.46. The maximum absolute atomic E-state index is 13.4. The van der Waals surface area contributed by atoms with E-state index in [-0.39, 0.29) is 17.7 Å². The summed E-state index contributed by atoms with van der Waals surface area (Å²) >= 11 is 0. The second-order valence-corrected chi connectivity index (χ2v) is 8.46. The first kappa shape index (κ1) is 26.3. The quantitative estimate of drug-likeness (QED) is 0.206. The fourth-order valence-electron chi connectivity index (χ4n) is 4.41. The Bertz CT molecular complexity index is 1410. The van der Waals surface area contributed by atoms with Crippen molar-refractivity contribution >= 4 is 23.4 Å². The van der Waals surface area contributed by atoms with Crippen molar-refractivity contribution in [2.24, 2.45) is 0 Å². The van der Waals surface area contributed by atoms with Crippen molar-refractivity contribution in [2.45, 2.75) is 12.6 Å². The molecule has 4 rings (SSSR count). The Morgan fingerprint density at radius 2 is 1.55 bits per heavy atom. The summed E-state index contributed by atoms with van der Waals surface area (Å²) in [6.07, 6.45) is 0. The number of hydrogen-bond donors (Lipinski definition) is 1. The van der Waals surface area contributed by atoms with Gasteiger partial charge in [0.15, 0.2) is 0 Å². The van der Waals surface area contributed by atoms with E-state index in [4.69, 9.17) is 18.9 Å². The molecule has 1 atom stereocenters. The number of hydrogen-bond acceptors (Lipinski definition) is 8. The van der Waals surface area contributed by atoms with Gasteiger partial charge >= 0.3 is 5.97 Å². The Balaban J connectivity index is 1.86. The van der Waals surface area contributed by atoms with Gasteiger partial charge in [-0.3, -0.25) is 9.59 Å². The van der Waals surface area contributed by atoms with Gasteiger partial charge in [-0.05, 0) is 53.6 Å². The monoisotopic (exact) mass is 517 g/mol. The number of aliphatic hydroxyl groups is 1. The van der Waals surface area contributed by atoms with E-state index in [1.807, 2.05) is 0 Å². The van der Waals surface area contributed by atoms with Crippen LogP contribution in [0.2, 0.25) is 0 Å². The largest absolute Gasteiger partial charge is 0.507 e. The molecule has 1 unspecified atom stereocenters. The van der Waals surface area contributed by atoms with Gasteiger partial charge in [0, 0.05) is 6.54 Å².